The number of nitrogens with zero attached hydrogens (tertiary/aromatic N) is 7. The van der Waals surface area contributed by atoms with Gasteiger partial charge in [0.2, 0.25) is 5.91 Å². The van der Waals surface area contributed by atoms with E-state index >= 15 is 0 Å². The lowest BCUT2D eigenvalue weighted by molar-refractivity contribution is -0.116. The lowest BCUT2D eigenvalue weighted by Crippen LogP contribution is -2.37. The summed E-state index contributed by atoms with van der Waals surface area (Å²) in [5.41, 5.74) is -0.0470. The highest BCUT2D eigenvalue weighted by Crippen LogP contribution is 2.12. The molecular weight excluding hydrogens is 376 g/mol. The molecule has 1 N–H and O–H groups in total. The first-order valence-corrected chi connectivity index (χ1v) is 8.74. The molecule has 29 heavy (non-hydrogen) atoms. The minimum absolute atomic E-state index is 0.133. The lowest BCUT2D eigenvalue weighted by Gasteiger charge is -2.09. The summed E-state index contributed by atoms with van der Waals surface area (Å²) in [6.07, 6.45) is 6.39. The van der Waals surface area contributed by atoms with Crippen LogP contribution in [0.3, 0.4) is 0 Å². The van der Waals surface area contributed by atoms with Gasteiger partial charge >= 0.3 is 5.69 Å². The van der Waals surface area contributed by atoms with E-state index in [1.807, 2.05) is 11.5 Å². The number of hydrogen-bond donors (Lipinski definition) is 1. The van der Waals surface area contributed by atoms with Gasteiger partial charge in [0.1, 0.15) is 18.2 Å². The van der Waals surface area contributed by atoms with Gasteiger partial charge in [0.05, 0.1) is 18.2 Å². The fourth-order valence-corrected chi connectivity index (χ4v) is 3.09. The highest BCUT2D eigenvalue weighted by atomic mass is 16.2. The Morgan fingerprint density at radius 2 is 1.90 bits per heavy atom. The smallest absolute Gasteiger partial charge is 0.323 e. The fraction of sp³-hybridized carbons (Fsp3) is 0.222. The van der Waals surface area contributed by atoms with Gasteiger partial charge in [-0.25, -0.2) is 19.7 Å². The van der Waals surface area contributed by atoms with Crippen LogP contribution in [0.25, 0.3) is 17.0 Å². The molecule has 0 bridgehead atoms. The Balaban J connectivity index is 1.56. The summed E-state index contributed by atoms with van der Waals surface area (Å²) in [6.45, 7) is 1.74. The van der Waals surface area contributed by atoms with E-state index < -0.39 is 11.2 Å². The molecule has 0 spiro atoms. The average Bonchev–Trinajstić information content (AvgIpc) is 3.31. The Hall–Kier alpha value is -4.02. The number of hydrogen-bond acceptors (Lipinski definition) is 6. The van der Waals surface area contributed by atoms with Gasteiger partial charge in [0, 0.05) is 26.5 Å². The van der Waals surface area contributed by atoms with Gasteiger partial charge in [-0.15, -0.1) is 0 Å². The third-order valence-corrected chi connectivity index (χ3v) is 4.64. The molecule has 1 amide bonds. The van der Waals surface area contributed by atoms with Gasteiger partial charge in [0.15, 0.2) is 11.2 Å². The molecule has 0 fully saturated rings. The number of aryl methyl sites for hydroxylation is 2. The van der Waals surface area contributed by atoms with Crippen molar-refractivity contribution in [3.63, 3.8) is 0 Å². The third-order valence-electron chi connectivity index (χ3n) is 4.64. The topological polar surface area (TPSA) is 122 Å². The van der Waals surface area contributed by atoms with Gasteiger partial charge < -0.3 is 9.88 Å². The predicted molar refractivity (Wildman–Crippen MR) is 105 cm³/mol. The molecule has 148 valence electrons. The van der Waals surface area contributed by atoms with Crippen molar-refractivity contribution < 1.29 is 4.79 Å². The molecule has 4 aromatic heterocycles. The second-order valence-corrected chi connectivity index (χ2v) is 6.55. The number of carbonyl (C=O) groups is 1. The van der Waals surface area contributed by atoms with Gasteiger partial charge in [-0.1, -0.05) is 0 Å². The summed E-state index contributed by atoms with van der Waals surface area (Å²) < 4.78 is 5.50. The van der Waals surface area contributed by atoms with Crippen LogP contribution in [0.1, 0.15) is 5.82 Å². The largest absolute Gasteiger partial charge is 0.332 e. The maximum atomic E-state index is 12.5. The van der Waals surface area contributed by atoms with E-state index in [1.165, 1.54) is 29.6 Å². The summed E-state index contributed by atoms with van der Waals surface area (Å²) >= 11 is 0. The van der Waals surface area contributed by atoms with Crippen LogP contribution in [0.5, 0.6) is 0 Å². The summed E-state index contributed by atoms with van der Waals surface area (Å²) in [5.74, 6) is 1.13. The molecule has 0 saturated carbocycles. The van der Waals surface area contributed by atoms with Crippen molar-refractivity contribution >= 4 is 22.8 Å². The van der Waals surface area contributed by atoms with Gasteiger partial charge in [-0.3, -0.25) is 23.3 Å². The maximum absolute atomic E-state index is 12.5. The Labute approximate surface area is 163 Å². The molecule has 0 saturated heterocycles. The van der Waals surface area contributed by atoms with Crippen molar-refractivity contribution in [2.75, 3.05) is 5.32 Å². The van der Waals surface area contributed by atoms with E-state index in [0.717, 1.165) is 10.4 Å². The van der Waals surface area contributed by atoms with Crippen LogP contribution in [-0.4, -0.2) is 39.1 Å². The first-order chi connectivity index (χ1) is 13.9. The quantitative estimate of drug-likeness (QED) is 0.518. The van der Waals surface area contributed by atoms with E-state index in [9.17, 15) is 14.4 Å². The first-order valence-electron chi connectivity index (χ1n) is 8.74. The summed E-state index contributed by atoms with van der Waals surface area (Å²) in [4.78, 5) is 49.5. The predicted octanol–water partition coefficient (Wildman–Crippen LogP) is -0.0385. The number of fused-ring (bicyclic) bond motifs is 1. The maximum Gasteiger partial charge on any atom is 0.332 e. The molecule has 11 heteroatoms. The molecule has 0 aliphatic carbocycles. The number of anilines is 1. The second-order valence-electron chi connectivity index (χ2n) is 6.55. The summed E-state index contributed by atoms with van der Waals surface area (Å²) in [7, 11) is 2.91. The van der Waals surface area contributed by atoms with Gasteiger partial charge in [0.25, 0.3) is 5.56 Å². The van der Waals surface area contributed by atoms with Crippen LogP contribution in [0.4, 0.5) is 5.69 Å². The minimum Gasteiger partial charge on any atom is -0.323 e. The van der Waals surface area contributed by atoms with Crippen molar-refractivity contribution in [1.82, 2.24) is 33.2 Å². The zero-order valence-corrected chi connectivity index (χ0v) is 16.0. The number of nitrogens with one attached hydrogen (secondary N) is 1. The van der Waals surface area contributed by atoms with Crippen LogP contribution >= 0.6 is 0 Å². The van der Waals surface area contributed by atoms with Crippen molar-refractivity contribution in [3.8, 4) is 5.82 Å². The molecule has 11 nitrogen and oxygen atoms in total. The van der Waals surface area contributed by atoms with E-state index in [0.29, 0.717) is 11.5 Å². The molecule has 0 aliphatic rings. The molecular formula is C18H18N8O3. The Morgan fingerprint density at radius 3 is 2.55 bits per heavy atom. The van der Waals surface area contributed by atoms with Crippen molar-refractivity contribution in [2.45, 2.75) is 13.5 Å². The normalized spacial score (nSPS) is 11.1. The monoisotopic (exact) mass is 394 g/mol. The number of imidazole rings is 2. The average molecular weight is 394 g/mol. The molecule has 4 rings (SSSR count). The van der Waals surface area contributed by atoms with Crippen LogP contribution in [0.2, 0.25) is 0 Å². The van der Waals surface area contributed by atoms with E-state index in [1.54, 1.807) is 30.7 Å². The number of carbonyl (C=O) groups excluding carboxylic acids is 1. The van der Waals surface area contributed by atoms with Gasteiger partial charge in [-0.05, 0) is 19.1 Å². The molecule has 0 unspecified atom stereocenters. The summed E-state index contributed by atoms with van der Waals surface area (Å²) in [5, 5.41) is 2.74. The second kappa shape index (κ2) is 6.86. The zero-order valence-electron chi connectivity index (χ0n) is 16.0. The molecule has 0 radical (unpaired) electrons. The molecule has 4 heterocycles. The van der Waals surface area contributed by atoms with Crippen molar-refractivity contribution in [3.05, 3.63) is 63.7 Å². The van der Waals surface area contributed by atoms with E-state index in [2.05, 4.69) is 20.3 Å². The third kappa shape index (κ3) is 3.12. The molecule has 0 aromatic carbocycles. The standard InChI is InChI=1S/C18H18N8O3/c1-11-19-6-7-26(11)13-5-4-12(8-20-13)22-14(27)9-25-10-21-16-15(25)17(28)24(3)18(29)23(16)2/h4-8,10H,9H2,1-3H3,(H,22,27). The van der Waals surface area contributed by atoms with Gasteiger partial charge in [-0.2, -0.15) is 0 Å². The number of rotatable bonds is 4. The molecule has 4 aromatic rings. The molecule has 0 atom stereocenters. The van der Waals surface area contributed by atoms with E-state index in [4.69, 9.17) is 0 Å². The SMILES string of the molecule is Cc1nccn1-c1ccc(NC(=O)Cn2cnc3c2c(=O)n(C)c(=O)n3C)cn1. The number of amides is 1. The first kappa shape index (κ1) is 18.3. The minimum atomic E-state index is -0.505. The Kier molecular flexibility index (Phi) is 4.34. The Bertz CT molecular complexity index is 1340. The van der Waals surface area contributed by atoms with Crippen LogP contribution in [-0.2, 0) is 25.4 Å². The lowest BCUT2D eigenvalue weighted by atomic mass is 10.4. The molecule has 0 aliphatic heterocycles. The Morgan fingerprint density at radius 1 is 1.10 bits per heavy atom. The van der Waals surface area contributed by atoms with Crippen molar-refractivity contribution in [1.29, 1.82) is 0 Å². The number of pyridine rings is 1. The zero-order chi connectivity index (χ0) is 20.7. The highest BCUT2D eigenvalue weighted by molar-refractivity contribution is 5.91. The number of aromatic nitrogens is 7. The van der Waals surface area contributed by atoms with Crippen LogP contribution < -0.4 is 16.6 Å². The van der Waals surface area contributed by atoms with E-state index in [-0.39, 0.29) is 23.6 Å². The van der Waals surface area contributed by atoms with Crippen LogP contribution in [0.15, 0.2) is 46.6 Å². The van der Waals surface area contributed by atoms with Crippen LogP contribution in [0, 0.1) is 6.92 Å². The highest BCUT2D eigenvalue weighted by Gasteiger charge is 2.16. The fourth-order valence-electron chi connectivity index (χ4n) is 3.09. The summed E-state index contributed by atoms with van der Waals surface area (Å²) in [6, 6.07) is 3.50. The van der Waals surface area contributed by atoms with Crippen molar-refractivity contribution in [2.24, 2.45) is 14.1 Å².